The summed E-state index contributed by atoms with van der Waals surface area (Å²) in [5.41, 5.74) is 15.9. The van der Waals surface area contributed by atoms with Crippen LogP contribution in [0.25, 0.3) is 0 Å². The minimum Gasteiger partial charge on any atom is -0.480 e. The average molecular weight is 317 g/mol. The van der Waals surface area contributed by atoms with Crippen molar-refractivity contribution in [3.05, 3.63) is 18.2 Å². The highest BCUT2D eigenvalue weighted by Gasteiger charge is 2.19. The second kappa shape index (κ2) is 10.4. The van der Waals surface area contributed by atoms with Crippen molar-refractivity contribution in [2.45, 2.75) is 18.5 Å². The molecule has 0 saturated heterocycles. The van der Waals surface area contributed by atoms with Gasteiger partial charge in [-0.25, -0.2) is 9.78 Å². The lowest BCUT2D eigenvalue weighted by Gasteiger charge is -2.07. The average Bonchev–Trinajstić information content (AvgIpc) is 2.99. The van der Waals surface area contributed by atoms with Crippen LogP contribution in [0.4, 0.5) is 0 Å². The van der Waals surface area contributed by atoms with E-state index in [1.54, 1.807) is 6.20 Å². The Kier molecular flexibility index (Phi) is 9.29. The Morgan fingerprint density at radius 1 is 1.32 bits per heavy atom. The van der Waals surface area contributed by atoms with Gasteiger partial charge in [-0.2, -0.15) is 0 Å². The van der Waals surface area contributed by atoms with E-state index in [1.165, 1.54) is 6.33 Å². The molecule has 124 valence electrons. The number of rotatable bonds is 6. The lowest BCUT2D eigenvalue weighted by atomic mass is 10.2. The summed E-state index contributed by atoms with van der Waals surface area (Å²) in [4.78, 5) is 38.1. The van der Waals surface area contributed by atoms with Gasteiger partial charge in [0.1, 0.15) is 12.1 Å². The fourth-order valence-corrected chi connectivity index (χ4v) is 1.02. The van der Waals surface area contributed by atoms with Gasteiger partial charge in [0.2, 0.25) is 0 Å². The van der Waals surface area contributed by atoms with Crippen molar-refractivity contribution in [3.63, 3.8) is 0 Å². The maximum Gasteiger partial charge on any atom is 0.330 e. The largest absolute Gasteiger partial charge is 0.480 e. The molecule has 0 bridgehead atoms. The minimum atomic E-state index is -1.18. The second-order valence-electron chi connectivity index (χ2n) is 4.00. The monoisotopic (exact) mass is 317 g/mol. The van der Waals surface area contributed by atoms with Gasteiger partial charge in [-0.05, 0) is 0 Å². The zero-order valence-corrected chi connectivity index (χ0v) is 11.6. The number of aromatic nitrogens is 2. The van der Waals surface area contributed by atoms with Crippen molar-refractivity contribution in [1.29, 1.82) is 0 Å². The SMILES string of the molecule is NCC(=O)OC(=O)[C@@H](N)Cc1c[nH]cn1.N[C@@H](CO)C(=O)O. The highest BCUT2D eigenvalue weighted by molar-refractivity contribution is 5.89. The number of carboxylic acid groups (broad SMARTS) is 1. The number of imidazole rings is 1. The maximum absolute atomic E-state index is 11.2. The highest BCUT2D eigenvalue weighted by Crippen LogP contribution is 1.98. The van der Waals surface area contributed by atoms with Gasteiger partial charge >= 0.3 is 17.9 Å². The Balaban J connectivity index is 0.000000534. The standard InChI is InChI=1S/C8H12N4O3.C3H7NO3/c9-2-7(13)15-8(14)6(10)1-5-3-11-4-12-5;4-2(1-5)3(6)7/h3-4,6H,1-2,9-10H2,(H,11,12);2,5H,1,4H2,(H,6,7)/t6-;2-/m00/s1. The molecular weight excluding hydrogens is 298 g/mol. The van der Waals surface area contributed by atoms with Crippen molar-refractivity contribution in [2.24, 2.45) is 17.2 Å². The molecule has 1 aromatic rings. The number of aromatic amines is 1. The van der Waals surface area contributed by atoms with Crippen LogP contribution in [0.3, 0.4) is 0 Å². The molecule has 0 unspecified atom stereocenters. The number of nitrogens with zero attached hydrogens (tertiary/aromatic N) is 1. The van der Waals surface area contributed by atoms with Gasteiger partial charge in [-0.15, -0.1) is 0 Å². The molecule has 0 spiro atoms. The van der Waals surface area contributed by atoms with Gasteiger partial charge in [0, 0.05) is 12.6 Å². The molecule has 1 aromatic heterocycles. The summed E-state index contributed by atoms with van der Waals surface area (Å²) in [6.45, 7) is -0.851. The first-order valence-electron chi connectivity index (χ1n) is 6.08. The van der Waals surface area contributed by atoms with Crippen LogP contribution < -0.4 is 17.2 Å². The molecule has 0 aliphatic heterocycles. The molecular formula is C11H19N5O6. The number of aliphatic hydroxyl groups is 1. The zero-order valence-electron chi connectivity index (χ0n) is 11.6. The summed E-state index contributed by atoms with van der Waals surface area (Å²) in [5.74, 6) is -2.77. The molecule has 0 radical (unpaired) electrons. The Hall–Kier alpha value is -2.34. The summed E-state index contributed by atoms with van der Waals surface area (Å²) >= 11 is 0. The zero-order chi connectivity index (χ0) is 17.1. The number of hydrogen-bond acceptors (Lipinski definition) is 9. The first kappa shape index (κ1) is 19.7. The number of aliphatic carboxylic acids is 1. The molecule has 0 aromatic carbocycles. The van der Waals surface area contributed by atoms with Crippen LogP contribution in [0.2, 0.25) is 0 Å². The molecule has 0 amide bonds. The van der Waals surface area contributed by atoms with Gasteiger partial charge in [-0.3, -0.25) is 9.59 Å². The van der Waals surface area contributed by atoms with Gasteiger partial charge in [0.05, 0.1) is 25.2 Å². The molecule has 0 aliphatic rings. The van der Waals surface area contributed by atoms with Crippen LogP contribution in [0.15, 0.2) is 12.5 Å². The van der Waals surface area contributed by atoms with E-state index >= 15 is 0 Å². The van der Waals surface area contributed by atoms with Crippen molar-refractivity contribution < 1.29 is 29.3 Å². The molecule has 11 nitrogen and oxygen atoms in total. The topological polar surface area (TPSA) is 208 Å². The first-order valence-corrected chi connectivity index (χ1v) is 6.08. The third kappa shape index (κ3) is 8.06. The molecule has 2 atom stereocenters. The summed E-state index contributed by atoms with van der Waals surface area (Å²) < 4.78 is 4.34. The van der Waals surface area contributed by atoms with Crippen LogP contribution in [0.5, 0.6) is 0 Å². The Morgan fingerprint density at radius 2 is 1.95 bits per heavy atom. The predicted molar refractivity (Wildman–Crippen MR) is 73.1 cm³/mol. The van der Waals surface area contributed by atoms with E-state index in [1.807, 2.05) is 0 Å². The first-order chi connectivity index (χ1) is 10.3. The second-order valence-corrected chi connectivity index (χ2v) is 4.00. The van der Waals surface area contributed by atoms with E-state index in [0.717, 1.165) is 0 Å². The Morgan fingerprint density at radius 3 is 2.32 bits per heavy atom. The maximum atomic E-state index is 11.2. The van der Waals surface area contributed by atoms with E-state index in [-0.39, 0.29) is 13.0 Å². The number of carboxylic acids is 1. The number of nitrogens with two attached hydrogens (primary N) is 3. The van der Waals surface area contributed by atoms with E-state index in [2.05, 4.69) is 14.7 Å². The number of carbonyl (C=O) groups is 3. The third-order valence-electron chi connectivity index (χ3n) is 2.18. The molecule has 1 heterocycles. The third-order valence-corrected chi connectivity index (χ3v) is 2.18. The number of carbonyl (C=O) groups excluding carboxylic acids is 2. The molecule has 9 N–H and O–H groups in total. The number of aliphatic hydroxyl groups excluding tert-OH is 1. The van der Waals surface area contributed by atoms with E-state index in [4.69, 9.17) is 27.4 Å². The molecule has 22 heavy (non-hydrogen) atoms. The quantitative estimate of drug-likeness (QED) is 0.227. The summed E-state index contributed by atoms with van der Waals surface area (Å²) in [6, 6.07) is -2.04. The number of nitrogens with one attached hydrogen (secondary N) is 1. The Bertz CT molecular complexity index is 477. The van der Waals surface area contributed by atoms with Gasteiger partial charge in [0.15, 0.2) is 0 Å². The fourth-order valence-electron chi connectivity index (χ4n) is 1.02. The number of hydrogen-bond donors (Lipinski definition) is 6. The lowest BCUT2D eigenvalue weighted by Crippen LogP contribution is -2.37. The normalized spacial score (nSPS) is 12.5. The Labute approximate surface area is 125 Å². The number of esters is 2. The van der Waals surface area contributed by atoms with Gasteiger partial charge in [0.25, 0.3) is 0 Å². The molecule has 11 heteroatoms. The van der Waals surface area contributed by atoms with Crippen molar-refractivity contribution in [2.75, 3.05) is 13.2 Å². The smallest absolute Gasteiger partial charge is 0.330 e. The molecule has 1 rings (SSSR count). The van der Waals surface area contributed by atoms with E-state index in [0.29, 0.717) is 5.69 Å². The van der Waals surface area contributed by atoms with Crippen molar-refractivity contribution in [1.82, 2.24) is 9.97 Å². The van der Waals surface area contributed by atoms with E-state index in [9.17, 15) is 14.4 Å². The number of ether oxygens (including phenoxy) is 1. The van der Waals surface area contributed by atoms with Crippen LogP contribution in [-0.2, 0) is 25.5 Å². The molecule has 0 fully saturated rings. The van der Waals surface area contributed by atoms with E-state index < -0.39 is 36.6 Å². The van der Waals surface area contributed by atoms with Crippen LogP contribution in [0.1, 0.15) is 5.69 Å². The summed E-state index contributed by atoms with van der Waals surface area (Å²) in [5, 5.41) is 15.9. The predicted octanol–water partition coefficient (Wildman–Crippen LogP) is -3.30. The van der Waals surface area contributed by atoms with Crippen molar-refractivity contribution >= 4 is 17.9 Å². The number of H-pyrrole nitrogens is 1. The van der Waals surface area contributed by atoms with Gasteiger partial charge < -0.3 is 37.1 Å². The fraction of sp³-hybridized carbons (Fsp3) is 0.455. The highest BCUT2D eigenvalue weighted by atomic mass is 16.6. The van der Waals surface area contributed by atoms with Crippen molar-refractivity contribution in [3.8, 4) is 0 Å². The van der Waals surface area contributed by atoms with Crippen LogP contribution >= 0.6 is 0 Å². The summed E-state index contributed by atoms with van der Waals surface area (Å²) in [6.07, 6.45) is 3.29. The molecule has 0 aliphatic carbocycles. The van der Waals surface area contributed by atoms with Crippen LogP contribution in [-0.4, -0.2) is 63.3 Å². The summed E-state index contributed by atoms with van der Waals surface area (Å²) in [7, 11) is 0. The van der Waals surface area contributed by atoms with Crippen LogP contribution in [0, 0.1) is 0 Å². The van der Waals surface area contributed by atoms with Gasteiger partial charge in [-0.1, -0.05) is 0 Å². The molecule has 0 saturated carbocycles. The minimum absolute atomic E-state index is 0.209. The lowest BCUT2D eigenvalue weighted by molar-refractivity contribution is -0.159.